The summed E-state index contributed by atoms with van der Waals surface area (Å²) in [6.07, 6.45) is 1.21. The Morgan fingerprint density at radius 1 is 1.21 bits per heavy atom. The van der Waals surface area contributed by atoms with Gasteiger partial charge in [0.2, 0.25) is 11.6 Å². The number of aliphatic hydroxyl groups excluding tert-OH is 1. The van der Waals surface area contributed by atoms with Crippen LogP contribution in [-0.2, 0) is 0 Å². The molecule has 0 spiro atoms. The Bertz CT molecular complexity index is 873. The van der Waals surface area contributed by atoms with Crippen LogP contribution in [0.3, 0.4) is 0 Å². The molecule has 11 nitrogen and oxygen atoms in total. The zero-order chi connectivity index (χ0) is 20.8. The van der Waals surface area contributed by atoms with Gasteiger partial charge in [0.15, 0.2) is 0 Å². The molecule has 154 valence electrons. The number of benzene rings is 1. The molecule has 1 aromatic heterocycles. The van der Waals surface area contributed by atoms with Crippen molar-refractivity contribution in [2.24, 2.45) is 0 Å². The maximum atomic E-state index is 12.2. The molecule has 0 radical (unpaired) electrons. The lowest BCUT2D eigenvalue weighted by molar-refractivity contribution is -0.383. The van der Waals surface area contributed by atoms with Crippen LogP contribution in [0.5, 0.6) is 0 Å². The number of amides is 1. The first kappa shape index (κ1) is 20.7. The van der Waals surface area contributed by atoms with Gasteiger partial charge in [-0.15, -0.1) is 0 Å². The summed E-state index contributed by atoms with van der Waals surface area (Å²) in [6.45, 7) is 2.97. The van der Waals surface area contributed by atoms with Crippen molar-refractivity contribution in [3.8, 4) is 0 Å². The fourth-order valence-corrected chi connectivity index (χ4v) is 3.10. The highest BCUT2D eigenvalue weighted by atomic mass is 35.5. The van der Waals surface area contributed by atoms with Crippen molar-refractivity contribution in [3.05, 3.63) is 51.3 Å². The molecule has 1 aromatic carbocycles. The zero-order valence-electron chi connectivity index (χ0n) is 15.4. The second-order valence-electron chi connectivity index (χ2n) is 6.29. The van der Waals surface area contributed by atoms with Crippen molar-refractivity contribution in [1.29, 1.82) is 0 Å². The highest BCUT2D eigenvalue weighted by molar-refractivity contribution is 6.30. The van der Waals surface area contributed by atoms with Gasteiger partial charge in [-0.1, -0.05) is 11.6 Å². The smallest absolute Gasteiger partial charge is 0.355 e. The Morgan fingerprint density at radius 3 is 2.52 bits per heavy atom. The molecular weight excluding hydrogens is 402 g/mol. The van der Waals surface area contributed by atoms with E-state index < -0.39 is 10.8 Å². The molecule has 1 aliphatic rings. The minimum Gasteiger partial charge on any atom is -0.395 e. The fourth-order valence-electron chi connectivity index (χ4n) is 2.97. The minimum atomic E-state index is -0.577. The number of carbonyl (C=O) groups excluding carboxylic acids is 1. The van der Waals surface area contributed by atoms with Crippen LogP contribution >= 0.6 is 11.6 Å². The van der Waals surface area contributed by atoms with E-state index in [4.69, 9.17) is 16.7 Å². The number of piperazine rings is 1. The summed E-state index contributed by atoms with van der Waals surface area (Å²) in [5.74, 6) is -0.425. The van der Waals surface area contributed by atoms with E-state index in [-0.39, 0.29) is 23.9 Å². The lowest BCUT2D eigenvalue weighted by Gasteiger charge is -2.34. The Morgan fingerprint density at radius 2 is 1.90 bits per heavy atom. The third kappa shape index (κ3) is 5.08. The van der Waals surface area contributed by atoms with Crippen LogP contribution in [-0.4, -0.2) is 70.1 Å². The molecule has 2 heterocycles. The van der Waals surface area contributed by atoms with Gasteiger partial charge >= 0.3 is 5.69 Å². The summed E-state index contributed by atoms with van der Waals surface area (Å²) in [4.78, 5) is 35.2. The molecule has 29 heavy (non-hydrogen) atoms. The summed E-state index contributed by atoms with van der Waals surface area (Å²) in [5, 5.41) is 21.2. The maximum Gasteiger partial charge on any atom is 0.355 e. The predicted octanol–water partition coefficient (Wildman–Crippen LogP) is 0.909. The number of nitro groups is 1. The van der Waals surface area contributed by atoms with Gasteiger partial charge in [0.05, 0.1) is 11.5 Å². The van der Waals surface area contributed by atoms with Gasteiger partial charge in [-0.3, -0.25) is 30.7 Å². The molecule has 0 aliphatic carbocycles. The molecule has 0 atom stereocenters. The number of carbonyl (C=O) groups is 1. The average molecular weight is 422 g/mol. The fraction of sp³-hybridized carbons (Fsp3) is 0.353. The number of nitrogens with one attached hydrogen (secondary N) is 2. The summed E-state index contributed by atoms with van der Waals surface area (Å²) in [5.41, 5.74) is 4.94. The Kier molecular flexibility index (Phi) is 6.75. The lowest BCUT2D eigenvalue weighted by Crippen LogP contribution is -2.47. The molecule has 12 heteroatoms. The first-order valence-corrected chi connectivity index (χ1v) is 9.27. The van der Waals surface area contributed by atoms with Crippen LogP contribution < -0.4 is 15.8 Å². The second-order valence-corrected chi connectivity index (χ2v) is 6.73. The van der Waals surface area contributed by atoms with Crippen LogP contribution in [0.2, 0.25) is 5.02 Å². The van der Waals surface area contributed by atoms with E-state index in [9.17, 15) is 14.9 Å². The van der Waals surface area contributed by atoms with Crippen LogP contribution in [0.25, 0.3) is 0 Å². The van der Waals surface area contributed by atoms with Gasteiger partial charge in [0.1, 0.15) is 6.33 Å². The first-order chi connectivity index (χ1) is 14.0. The largest absolute Gasteiger partial charge is 0.395 e. The topological polar surface area (TPSA) is 137 Å². The molecule has 1 fully saturated rings. The second kappa shape index (κ2) is 9.45. The van der Waals surface area contributed by atoms with Crippen molar-refractivity contribution in [2.45, 2.75) is 0 Å². The molecule has 1 aliphatic heterocycles. The van der Waals surface area contributed by atoms with Crippen molar-refractivity contribution in [1.82, 2.24) is 20.3 Å². The van der Waals surface area contributed by atoms with Crippen molar-refractivity contribution >= 4 is 34.8 Å². The highest BCUT2D eigenvalue weighted by Crippen LogP contribution is 2.31. The van der Waals surface area contributed by atoms with Gasteiger partial charge in [-0.05, 0) is 24.3 Å². The van der Waals surface area contributed by atoms with Crippen molar-refractivity contribution in [2.75, 3.05) is 49.7 Å². The number of nitrogens with zero attached hydrogens (tertiary/aromatic N) is 5. The van der Waals surface area contributed by atoms with Crippen LogP contribution in [0.15, 0.2) is 30.6 Å². The molecule has 2 aromatic rings. The zero-order valence-corrected chi connectivity index (χ0v) is 16.2. The molecule has 1 amide bonds. The summed E-state index contributed by atoms with van der Waals surface area (Å²) in [6, 6.07) is 6.20. The van der Waals surface area contributed by atoms with Gasteiger partial charge < -0.3 is 10.0 Å². The third-order valence-corrected chi connectivity index (χ3v) is 4.73. The van der Waals surface area contributed by atoms with E-state index in [0.717, 1.165) is 0 Å². The van der Waals surface area contributed by atoms with Gasteiger partial charge in [0, 0.05) is 43.3 Å². The predicted molar refractivity (Wildman–Crippen MR) is 107 cm³/mol. The molecule has 0 unspecified atom stereocenters. The van der Waals surface area contributed by atoms with Crippen molar-refractivity contribution < 1.29 is 14.8 Å². The normalized spacial score (nSPS) is 14.5. The van der Waals surface area contributed by atoms with E-state index in [2.05, 4.69) is 25.7 Å². The Labute approximate surface area is 171 Å². The SMILES string of the molecule is O=C(NNc1ncnc(N2CCN(CCO)CC2)c1[N+](=O)[O-])c1ccc(Cl)cc1. The van der Waals surface area contributed by atoms with E-state index in [0.29, 0.717) is 43.3 Å². The number of hydrazine groups is 1. The molecule has 1 saturated heterocycles. The van der Waals surface area contributed by atoms with Crippen LogP contribution in [0.1, 0.15) is 10.4 Å². The van der Waals surface area contributed by atoms with Crippen LogP contribution in [0, 0.1) is 10.1 Å². The number of aromatic nitrogens is 2. The number of hydrogen-bond acceptors (Lipinski definition) is 9. The molecule has 0 saturated carbocycles. The minimum absolute atomic E-state index is 0.0645. The van der Waals surface area contributed by atoms with E-state index >= 15 is 0 Å². The third-order valence-electron chi connectivity index (χ3n) is 4.47. The van der Waals surface area contributed by atoms with E-state index in [1.807, 2.05) is 0 Å². The summed E-state index contributed by atoms with van der Waals surface area (Å²) in [7, 11) is 0. The summed E-state index contributed by atoms with van der Waals surface area (Å²) < 4.78 is 0. The van der Waals surface area contributed by atoms with Gasteiger partial charge in [0.25, 0.3) is 5.91 Å². The Hall–Kier alpha value is -3.02. The lowest BCUT2D eigenvalue weighted by atomic mass is 10.2. The molecule has 3 N–H and O–H groups in total. The molecular formula is C17H20ClN7O4. The number of anilines is 2. The molecule has 3 rings (SSSR count). The van der Waals surface area contributed by atoms with E-state index in [1.165, 1.54) is 18.5 Å². The van der Waals surface area contributed by atoms with Gasteiger partial charge in [-0.2, -0.15) is 0 Å². The monoisotopic (exact) mass is 421 g/mol. The number of β-amino-alcohol motifs (C(OH)–C–C–N with tert-alkyl or cyclic N) is 1. The highest BCUT2D eigenvalue weighted by Gasteiger charge is 2.29. The number of rotatable bonds is 7. The number of halogens is 1. The van der Waals surface area contributed by atoms with Crippen LogP contribution in [0.4, 0.5) is 17.3 Å². The maximum absolute atomic E-state index is 12.2. The quantitative estimate of drug-likeness (QED) is 0.440. The van der Waals surface area contributed by atoms with Crippen molar-refractivity contribution in [3.63, 3.8) is 0 Å². The average Bonchev–Trinajstić information content (AvgIpc) is 2.73. The standard InChI is InChI=1S/C17H20ClN7O4/c18-13-3-1-12(2-4-13)17(27)22-21-15-14(25(28)29)16(20-11-19-15)24-7-5-23(6-8-24)9-10-26/h1-4,11,26H,5-10H2,(H,22,27)(H,19,20,21). The van der Waals surface area contributed by atoms with E-state index in [1.54, 1.807) is 17.0 Å². The number of aliphatic hydroxyl groups is 1. The molecule has 0 bridgehead atoms. The van der Waals surface area contributed by atoms with Gasteiger partial charge in [-0.25, -0.2) is 9.97 Å². The Balaban J connectivity index is 1.74. The summed E-state index contributed by atoms with van der Waals surface area (Å²) >= 11 is 5.80. The first-order valence-electron chi connectivity index (χ1n) is 8.89. The number of hydrogen-bond donors (Lipinski definition) is 3.